The van der Waals surface area contributed by atoms with Gasteiger partial charge in [-0.2, -0.15) is 0 Å². The maximum atomic E-state index is 12.1. The summed E-state index contributed by atoms with van der Waals surface area (Å²) in [6.45, 7) is 9.04. The number of amides is 1. The monoisotopic (exact) mass is 350 g/mol. The van der Waals surface area contributed by atoms with Crippen LogP contribution in [0, 0.1) is 0 Å². The van der Waals surface area contributed by atoms with Crippen molar-refractivity contribution >= 4 is 11.9 Å². The molecule has 0 aliphatic heterocycles. The molecule has 0 aromatic carbocycles. The molecule has 0 aromatic rings. The van der Waals surface area contributed by atoms with Crippen molar-refractivity contribution in [2.75, 3.05) is 6.61 Å². The molecule has 1 N–H and O–H groups in total. The number of carbonyl (C=O) groups is 2. The number of ether oxygens (including phenoxy) is 2. The lowest BCUT2D eigenvalue weighted by atomic mass is 9.88. The van der Waals surface area contributed by atoms with E-state index in [1.54, 1.807) is 19.1 Å². The molecule has 0 saturated heterocycles. The van der Waals surface area contributed by atoms with Crippen LogP contribution in [0.25, 0.3) is 10.4 Å². The van der Waals surface area contributed by atoms with E-state index in [0.717, 1.165) is 6.42 Å². The summed E-state index contributed by atoms with van der Waals surface area (Å²) in [4.78, 5) is 26.5. The molecule has 8 heteroatoms. The minimum absolute atomic E-state index is 0.122. The van der Waals surface area contributed by atoms with Crippen molar-refractivity contribution in [2.24, 2.45) is 5.11 Å². The van der Waals surface area contributed by atoms with E-state index in [1.807, 2.05) is 6.92 Å². The van der Waals surface area contributed by atoms with Gasteiger partial charge in [-0.25, -0.2) is 4.79 Å². The Morgan fingerprint density at radius 1 is 1.56 bits per heavy atom. The molecule has 4 atom stereocenters. The van der Waals surface area contributed by atoms with Gasteiger partial charge in [0.05, 0.1) is 30.9 Å². The summed E-state index contributed by atoms with van der Waals surface area (Å²) >= 11 is 0. The van der Waals surface area contributed by atoms with Gasteiger partial charge in [0, 0.05) is 17.4 Å². The zero-order valence-corrected chi connectivity index (χ0v) is 15.0. The summed E-state index contributed by atoms with van der Waals surface area (Å²) in [5.41, 5.74) is 9.24. The summed E-state index contributed by atoms with van der Waals surface area (Å²) < 4.78 is 11.1. The van der Waals surface area contributed by atoms with E-state index in [1.165, 1.54) is 6.92 Å². The molecule has 138 valence electrons. The second-order valence-electron chi connectivity index (χ2n) is 5.77. The van der Waals surface area contributed by atoms with Crippen molar-refractivity contribution in [3.8, 4) is 0 Å². The largest absolute Gasteiger partial charge is 0.463 e. The molecule has 1 aliphatic carbocycles. The van der Waals surface area contributed by atoms with Gasteiger partial charge in [0.15, 0.2) is 0 Å². The summed E-state index contributed by atoms with van der Waals surface area (Å²) in [5, 5.41) is 6.54. The molecule has 0 aromatic heterocycles. The maximum absolute atomic E-state index is 12.1. The van der Waals surface area contributed by atoms with Crippen LogP contribution >= 0.6 is 0 Å². The standard InChI is InChI=1S/C17H26N4O4/c1-5-8-13(6-2)25-15-10-12(17(23)24-7-3)9-14(20-21-18)16(15)19-11(4)22/h5,10,13-16H,1,6-9H2,2-4H3,(H,19,22)/t13-,14+,15-,16-/m1/s1. The lowest BCUT2D eigenvalue weighted by Gasteiger charge is -2.36. The Hall–Kier alpha value is -2.31. The van der Waals surface area contributed by atoms with Crippen LogP contribution in [0.15, 0.2) is 29.4 Å². The van der Waals surface area contributed by atoms with Gasteiger partial charge < -0.3 is 14.8 Å². The van der Waals surface area contributed by atoms with Crippen LogP contribution in [-0.4, -0.2) is 42.8 Å². The van der Waals surface area contributed by atoms with E-state index in [2.05, 4.69) is 21.9 Å². The number of carbonyl (C=O) groups excluding carboxylic acids is 2. The van der Waals surface area contributed by atoms with Crippen molar-refractivity contribution in [3.05, 3.63) is 34.7 Å². The summed E-state index contributed by atoms with van der Waals surface area (Å²) in [6, 6.07) is -1.19. The van der Waals surface area contributed by atoms with E-state index in [0.29, 0.717) is 12.0 Å². The van der Waals surface area contributed by atoms with Crippen molar-refractivity contribution < 1.29 is 19.1 Å². The first kappa shape index (κ1) is 20.7. The number of nitrogens with zero attached hydrogens (tertiary/aromatic N) is 3. The molecule has 0 radical (unpaired) electrons. The van der Waals surface area contributed by atoms with Crippen LogP contribution in [-0.2, 0) is 19.1 Å². The van der Waals surface area contributed by atoms with Gasteiger partial charge in [-0.3, -0.25) is 4.79 Å². The quantitative estimate of drug-likeness (QED) is 0.226. The van der Waals surface area contributed by atoms with E-state index >= 15 is 0 Å². The predicted molar refractivity (Wildman–Crippen MR) is 93.6 cm³/mol. The zero-order chi connectivity index (χ0) is 18.8. The molecule has 0 fully saturated rings. The van der Waals surface area contributed by atoms with Crippen LogP contribution in [0.4, 0.5) is 0 Å². The Morgan fingerprint density at radius 2 is 2.28 bits per heavy atom. The van der Waals surface area contributed by atoms with E-state index in [9.17, 15) is 9.59 Å². The van der Waals surface area contributed by atoms with Crippen LogP contribution in [0.1, 0.15) is 40.0 Å². The van der Waals surface area contributed by atoms with Gasteiger partial charge >= 0.3 is 5.97 Å². The first-order chi connectivity index (χ1) is 12.0. The maximum Gasteiger partial charge on any atom is 0.333 e. The molecule has 0 bridgehead atoms. The van der Waals surface area contributed by atoms with E-state index < -0.39 is 24.2 Å². The Bertz CT molecular complexity index is 569. The fourth-order valence-corrected chi connectivity index (χ4v) is 2.76. The highest BCUT2D eigenvalue weighted by Crippen LogP contribution is 2.27. The van der Waals surface area contributed by atoms with Crippen molar-refractivity contribution in [2.45, 2.75) is 64.3 Å². The van der Waals surface area contributed by atoms with Crippen molar-refractivity contribution in [3.63, 3.8) is 0 Å². The van der Waals surface area contributed by atoms with Gasteiger partial charge in [-0.1, -0.05) is 18.1 Å². The normalized spacial score (nSPS) is 23.6. The topological polar surface area (TPSA) is 113 Å². The summed E-state index contributed by atoms with van der Waals surface area (Å²) in [5.74, 6) is -0.728. The fraction of sp³-hybridized carbons (Fsp3) is 0.647. The molecule has 0 spiro atoms. The average molecular weight is 350 g/mol. The molecule has 0 heterocycles. The minimum atomic E-state index is -0.635. The molecular weight excluding hydrogens is 324 g/mol. The minimum Gasteiger partial charge on any atom is -0.463 e. The van der Waals surface area contributed by atoms with Crippen LogP contribution < -0.4 is 5.32 Å². The summed E-state index contributed by atoms with van der Waals surface area (Å²) in [6.07, 6.45) is 4.25. The molecule has 0 unspecified atom stereocenters. The Morgan fingerprint density at radius 3 is 2.80 bits per heavy atom. The SMILES string of the molecule is C=CC[C@@H](CC)O[C@@H]1C=C(C(=O)OCC)C[C@H](N=[N+]=[N-])[C@H]1NC(C)=O. The Labute approximate surface area is 147 Å². The lowest BCUT2D eigenvalue weighted by molar-refractivity contribution is -0.139. The third-order valence-corrected chi connectivity index (χ3v) is 3.90. The Balaban J connectivity index is 3.18. The number of nitrogens with one attached hydrogen (secondary N) is 1. The Kier molecular flexibility index (Phi) is 8.74. The number of hydrogen-bond acceptors (Lipinski definition) is 5. The highest BCUT2D eigenvalue weighted by Gasteiger charge is 2.37. The molecule has 1 amide bonds. The first-order valence-corrected chi connectivity index (χ1v) is 8.42. The highest BCUT2D eigenvalue weighted by atomic mass is 16.5. The first-order valence-electron chi connectivity index (χ1n) is 8.42. The smallest absolute Gasteiger partial charge is 0.333 e. The number of azide groups is 1. The van der Waals surface area contributed by atoms with E-state index in [4.69, 9.17) is 15.0 Å². The third kappa shape index (κ3) is 6.25. The van der Waals surface area contributed by atoms with Crippen LogP contribution in [0.5, 0.6) is 0 Å². The molecule has 25 heavy (non-hydrogen) atoms. The van der Waals surface area contributed by atoms with Crippen LogP contribution in [0.3, 0.4) is 0 Å². The molecule has 0 saturated carbocycles. The number of esters is 1. The molecule has 1 aliphatic rings. The summed E-state index contributed by atoms with van der Waals surface area (Å²) in [7, 11) is 0. The van der Waals surface area contributed by atoms with Crippen molar-refractivity contribution in [1.82, 2.24) is 5.32 Å². The lowest BCUT2D eigenvalue weighted by Crippen LogP contribution is -2.53. The van der Waals surface area contributed by atoms with Gasteiger partial charge in [-0.15, -0.1) is 6.58 Å². The third-order valence-electron chi connectivity index (χ3n) is 3.90. The predicted octanol–water partition coefficient (Wildman–Crippen LogP) is 2.80. The van der Waals surface area contributed by atoms with Gasteiger partial charge in [0.25, 0.3) is 0 Å². The average Bonchev–Trinajstić information content (AvgIpc) is 2.56. The van der Waals surface area contributed by atoms with Crippen LogP contribution in [0.2, 0.25) is 0 Å². The molecular formula is C17H26N4O4. The van der Waals surface area contributed by atoms with Gasteiger partial charge in [-0.05, 0) is 37.8 Å². The van der Waals surface area contributed by atoms with Gasteiger partial charge in [0.2, 0.25) is 5.91 Å². The van der Waals surface area contributed by atoms with E-state index in [-0.39, 0.29) is 25.0 Å². The highest BCUT2D eigenvalue weighted by molar-refractivity contribution is 5.89. The second-order valence-corrected chi connectivity index (χ2v) is 5.77. The second kappa shape index (κ2) is 10.5. The number of hydrogen-bond donors (Lipinski definition) is 1. The molecule has 8 nitrogen and oxygen atoms in total. The molecule has 1 rings (SSSR count). The fourth-order valence-electron chi connectivity index (χ4n) is 2.76. The van der Waals surface area contributed by atoms with Gasteiger partial charge in [0.1, 0.15) is 0 Å². The zero-order valence-electron chi connectivity index (χ0n) is 15.0. The number of rotatable bonds is 9. The van der Waals surface area contributed by atoms with Crippen molar-refractivity contribution in [1.29, 1.82) is 0 Å².